The fraction of sp³-hybridized carbons (Fsp3) is 0.211. The molecule has 0 saturated carbocycles. The Morgan fingerprint density at radius 3 is 2.34 bits per heavy atom. The van der Waals surface area contributed by atoms with Crippen molar-refractivity contribution in [1.82, 2.24) is 9.88 Å². The number of hydrogen-bond acceptors (Lipinski definition) is 8. The summed E-state index contributed by atoms with van der Waals surface area (Å²) in [6.07, 6.45) is 2.10. The number of benzene rings is 4. The van der Waals surface area contributed by atoms with Gasteiger partial charge < -0.3 is 29.2 Å². The van der Waals surface area contributed by atoms with Crippen LogP contribution in [0.5, 0.6) is 23.0 Å². The lowest BCUT2D eigenvalue weighted by Gasteiger charge is -2.38. The summed E-state index contributed by atoms with van der Waals surface area (Å²) in [7, 11) is 3.10. The van der Waals surface area contributed by atoms with Crippen LogP contribution >= 0.6 is 0 Å². The van der Waals surface area contributed by atoms with Gasteiger partial charge in [0.1, 0.15) is 23.2 Å². The summed E-state index contributed by atoms with van der Waals surface area (Å²) < 4.78 is 36.4. The minimum atomic E-state index is -1.21. The SMILES string of the molecule is COc1cc2nccc(Oc3ccc(NC(=O)C4CN(CCCOCc5ccccc5)C(=O)N(c5ccc(F)cc5)C4=O)cc3)c2cc1OC. The second kappa shape index (κ2) is 15.5. The van der Waals surface area contributed by atoms with Gasteiger partial charge in [0, 0.05) is 43.0 Å². The Labute approximate surface area is 288 Å². The largest absolute Gasteiger partial charge is 0.493 e. The maximum atomic E-state index is 13.7. The number of anilines is 2. The van der Waals surface area contributed by atoms with Crippen molar-refractivity contribution in [3.8, 4) is 23.0 Å². The van der Waals surface area contributed by atoms with E-state index in [1.165, 1.54) is 17.0 Å². The van der Waals surface area contributed by atoms with Crippen LogP contribution in [0.4, 0.5) is 20.6 Å². The van der Waals surface area contributed by atoms with E-state index in [1.807, 2.05) is 30.3 Å². The monoisotopic (exact) mass is 678 g/mol. The van der Waals surface area contributed by atoms with Crippen LogP contribution in [0, 0.1) is 11.7 Å². The number of carbonyl (C=O) groups excluding carboxylic acids is 3. The lowest BCUT2D eigenvalue weighted by atomic mass is 10.0. The number of pyridine rings is 1. The number of hydrogen-bond donors (Lipinski definition) is 1. The standard InChI is InChI=1S/C38H35FN4O7/c1-47-34-21-30-32(22-35(34)48-2)40-18-17-33(30)50-29-15-11-27(12-16-29)41-36(44)31-23-42(19-6-20-49-24-25-7-4-3-5-8-25)38(46)43(37(31)45)28-13-9-26(39)10-14-28/h3-5,7-18,21-22,31H,6,19-20,23-24H2,1-2H3,(H,41,44). The molecule has 4 amide bonds. The molecule has 0 radical (unpaired) electrons. The summed E-state index contributed by atoms with van der Waals surface area (Å²) >= 11 is 0. The van der Waals surface area contributed by atoms with E-state index >= 15 is 0 Å². The fourth-order valence-electron chi connectivity index (χ4n) is 5.60. The number of nitrogens with one attached hydrogen (secondary N) is 1. The lowest BCUT2D eigenvalue weighted by Crippen LogP contribution is -2.59. The molecule has 1 fully saturated rings. The summed E-state index contributed by atoms with van der Waals surface area (Å²) in [4.78, 5) is 47.5. The zero-order valence-electron chi connectivity index (χ0n) is 27.5. The molecule has 50 heavy (non-hydrogen) atoms. The third-order valence-electron chi connectivity index (χ3n) is 8.17. The van der Waals surface area contributed by atoms with E-state index in [0.29, 0.717) is 59.2 Å². The summed E-state index contributed by atoms with van der Waals surface area (Å²) in [6.45, 7) is 0.916. The number of halogens is 1. The first kappa shape index (κ1) is 33.9. The fourth-order valence-corrected chi connectivity index (χ4v) is 5.60. The van der Waals surface area contributed by atoms with Crippen LogP contribution in [0.25, 0.3) is 10.9 Å². The third-order valence-corrected chi connectivity index (χ3v) is 8.17. The number of amides is 4. The highest BCUT2D eigenvalue weighted by atomic mass is 19.1. The molecule has 1 unspecified atom stereocenters. The number of rotatable bonds is 13. The second-order valence-corrected chi connectivity index (χ2v) is 11.5. The molecule has 1 aliphatic heterocycles. The van der Waals surface area contributed by atoms with Gasteiger partial charge in [0.05, 0.1) is 32.0 Å². The zero-order chi connectivity index (χ0) is 35.0. The molecule has 0 bridgehead atoms. The molecule has 1 N–H and O–H groups in total. The molecule has 12 heteroatoms. The first-order valence-electron chi connectivity index (χ1n) is 15.9. The summed E-state index contributed by atoms with van der Waals surface area (Å²) in [5.74, 6) is -0.914. The number of ether oxygens (including phenoxy) is 4. The van der Waals surface area contributed by atoms with E-state index in [4.69, 9.17) is 18.9 Å². The van der Waals surface area contributed by atoms with Crippen LogP contribution in [0.15, 0.2) is 103 Å². The molecule has 0 spiro atoms. The van der Waals surface area contributed by atoms with Gasteiger partial charge in [-0.2, -0.15) is 0 Å². The van der Waals surface area contributed by atoms with Crippen LogP contribution in [0.2, 0.25) is 0 Å². The number of carbonyl (C=O) groups is 3. The molecular weight excluding hydrogens is 643 g/mol. The van der Waals surface area contributed by atoms with Crippen LogP contribution in [0.3, 0.4) is 0 Å². The Morgan fingerprint density at radius 1 is 0.900 bits per heavy atom. The number of fused-ring (bicyclic) bond motifs is 1. The van der Waals surface area contributed by atoms with E-state index in [9.17, 15) is 18.8 Å². The Hall–Kier alpha value is -6.01. The molecule has 1 aromatic heterocycles. The maximum Gasteiger partial charge on any atom is 0.331 e. The van der Waals surface area contributed by atoms with Gasteiger partial charge >= 0.3 is 6.03 Å². The third kappa shape index (κ3) is 7.66. The van der Waals surface area contributed by atoms with Crippen molar-refractivity contribution in [2.45, 2.75) is 13.0 Å². The molecule has 1 atom stereocenters. The van der Waals surface area contributed by atoms with Crippen molar-refractivity contribution < 1.29 is 37.7 Å². The van der Waals surface area contributed by atoms with E-state index in [0.717, 1.165) is 22.6 Å². The van der Waals surface area contributed by atoms with Gasteiger partial charge in [-0.05, 0) is 72.6 Å². The highest BCUT2D eigenvalue weighted by molar-refractivity contribution is 6.23. The average Bonchev–Trinajstić information content (AvgIpc) is 3.13. The number of methoxy groups -OCH3 is 2. The lowest BCUT2D eigenvalue weighted by molar-refractivity contribution is -0.132. The summed E-state index contributed by atoms with van der Waals surface area (Å²) in [5, 5.41) is 3.51. The predicted octanol–water partition coefficient (Wildman–Crippen LogP) is 6.81. The predicted molar refractivity (Wildman–Crippen MR) is 185 cm³/mol. The van der Waals surface area contributed by atoms with Gasteiger partial charge in [-0.1, -0.05) is 30.3 Å². The Bertz CT molecular complexity index is 1970. The smallest absolute Gasteiger partial charge is 0.331 e. The van der Waals surface area contributed by atoms with Crippen molar-refractivity contribution >= 4 is 40.1 Å². The van der Waals surface area contributed by atoms with Crippen molar-refractivity contribution in [3.63, 3.8) is 0 Å². The number of urea groups is 1. The van der Waals surface area contributed by atoms with Gasteiger partial charge in [-0.3, -0.25) is 14.6 Å². The highest BCUT2D eigenvalue weighted by Gasteiger charge is 2.43. The van der Waals surface area contributed by atoms with Gasteiger partial charge in [0.25, 0.3) is 0 Å². The van der Waals surface area contributed by atoms with Crippen molar-refractivity contribution in [3.05, 3.63) is 115 Å². The number of nitrogens with zero attached hydrogens (tertiary/aromatic N) is 3. The van der Waals surface area contributed by atoms with Crippen LogP contribution < -0.4 is 24.4 Å². The van der Waals surface area contributed by atoms with Crippen LogP contribution in [-0.2, 0) is 20.9 Å². The number of aromatic nitrogens is 1. The average molecular weight is 679 g/mol. The molecule has 0 aliphatic carbocycles. The molecule has 11 nitrogen and oxygen atoms in total. The van der Waals surface area contributed by atoms with Crippen molar-refractivity contribution in [2.24, 2.45) is 5.92 Å². The number of imide groups is 1. The molecule has 5 aromatic rings. The maximum absolute atomic E-state index is 13.7. The Kier molecular flexibility index (Phi) is 10.5. The normalized spacial score (nSPS) is 14.5. The molecular formula is C38H35FN4O7. The van der Waals surface area contributed by atoms with Gasteiger partial charge in [0.15, 0.2) is 11.5 Å². The molecule has 1 aliphatic rings. The molecule has 4 aromatic carbocycles. The van der Waals surface area contributed by atoms with E-state index < -0.39 is 29.6 Å². The van der Waals surface area contributed by atoms with E-state index in [1.54, 1.807) is 62.9 Å². The first-order valence-corrected chi connectivity index (χ1v) is 15.9. The topological polar surface area (TPSA) is 120 Å². The minimum absolute atomic E-state index is 0.121. The van der Waals surface area contributed by atoms with E-state index in [-0.39, 0.29) is 18.8 Å². The second-order valence-electron chi connectivity index (χ2n) is 11.5. The van der Waals surface area contributed by atoms with Crippen LogP contribution in [-0.4, -0.2) is 61.6 Å². The summed E-state index contributed by atoms with van der Waals surface area (Å²) in [6, 6.07) is 26.1. The van der Waals surface area contributed by atoms with Gasteiger partial charge in [-0.15, -0.1) is 0 Å². The molecule has 256 valence electrons. The summed E-state index contributed by atoms with van der Waals surface area (Å²) in [5.41, 5.74) is 2.28. The van der Waals surface area contributed by atoms with Gasteiger partial charge in [-0.25, -0.2) is 14.1 Å². The molecule has 1 saturated heterocycles. The molecule has 2 heterocycles. The first-order chi connectivity index (χ1) is 24.3. The highest BCUT2D eigenvalue weighted by Crippen LogP contribution is 2.37. The van der Waals surface area contributed by atoms with Crippen molar-refractivity contribution in [1.29, 1.82) is 0 Å². The quantitative estimate of drug-likeness (QED) is 0.107. The minimum Gasteiger partial charge on any atom is -0.493 e. The van der Waals surface area contributed by atoms with E-state index in [2.05, 4.69) is 10.3 Å². The molecule has 6 rings (SSSR count). The Balaban J connectivity index is 1.14. The van der Waals surface area contributed by atoms with Gasteiger partial charge in [0.2, 0.25) is 11.8 Å². The Morgan fingerprint density at radius 2 is 1.62 bits per heavy atom. The zero-order valence-corrected chi connectivity index (χ0v) is 27.5. The van der Waals surface area contributed by atoms with Crippen LogP contribution in [0.1, 0.15) is 12.0 Å². The van der Waals surface area contributed by atoms with Crippen molar-refractivity contribution in [2.75, 3.05) is 44.1 Å².